The lowest BCUT2D eigenvalue weighted by Crippen LogP contribution is -2.35. The number of benzene rings is 1. The van der Waals surface area contributed by atoms with Crippen molar-refractivity contribution in [2.24, 2.45) is 0 Å². The molecule has 0 aliphatic carbocycles. The van der Waals surface area contributed by atoms with Gasteiger partial charge in [-0.1, -0.05) is 18.6 Å². The molecule has 2 N–H and O–H groups in total. The molecule has 0 radical (unpaired) electrons. The third-order valence-electron chi connectivity index (χ3n) is 3.77. The van der Waals surface area contributed by atoms with Crippen LogP contribution in [0.3, 0.4) is 0 Å². The van der Waals surface area contributed by atoms with Gasteiger partial charge < -0.3 is 10.6 Å². The monoisotopic (exact) mass is 291 g/mol. The summed E-state index contributed by atoms with van der Waals surface area (Å²) in [6.45, 7) is 1.46. The molecule has 1 saturated heterocycles. The smallest absolute Gasteiger partial charge is 0.269 e. The highest BCUT2D eigenvalue weighted by molar-refractivity contribution is 5.75. The molecule has 2 rings (SSSR count). The Labute approximate surface area is 124 Å². The van der Waals surface area contributed by atoms with Crippen molar-refractivity contribution < 1.29 is 9.72 Å². The predicted molar refractivity (Wildman–Crippen MR) is 79.8 cm³/mol. The van der Waals surface area contributed by atoms with E-state index in [2.05, 4.69) is 10.6 Å². The number of hydrogen-bond donors (Lipinski definition) is 2. The molecule has 1 aliphatic rings. The second-order valence-electron chi connectivity index (χ2n) is 5.39. The highest BCUT2D eigenvalue weighted by Crippen LogP contribution is 2.13. The van der Waals surface area contributed by atoms with Crippen LogP contribution in [-0.2, 0) is 11.3 Å². The summed E-state index contributed by atoms with van der Waals surface area (Å²) in [7, 11) is 0. The number of nitrogens with zero attached hydrogens (tertiary/aromatic N) is 1. The van der Waals surface area contributed by atoms with Crippen molar-refractivity contribution in [2.75, 3.05) is 6.54 Å². The minimum absolute atomic E-state index is 0.0285. The molecule has 0 bridgehead atoms. The second-order valence-corrected chi connectivity index (χ2v) is 5.39. The zero-order chi connectivity index (χ0) is 15.1. The maximum atomic E-state index is 11.8. The van der Waals surface area contributed by atoms with Crippen molar-refractivity contribution >= 4 is 11.6 Å². The molecule has 1 amide bonds. The van der Waals surface area contributed by atoms with E-state index >= 15 is 0 Å². The number of carbonyl (C=O) groups is 1. The van der Waals surface area contributed by atoms with E-state index in [0.717, 1.165) is 24.9 Å². The summed E-state index contributed by atoms with van der Waals surface area (Å²) in [6.07, 6.45) is 5.00. The van der Waals surface area contributed by atoms with Gasteiger partial charge in [-0.05, 0) is 31.4 Å². The maximum Gasteiger partial charge on any atom is 0.269 e. The van der Waals surface area contributed by atoms with Gasteiger partial charge in [0.05, 0.1) is 4.92 Å². The van der Waals surface area contributed by atoms with Crippen molar-refractivity contribution in [3.05, 3.63) is 39.9 Å². The summed E-state index contributed by atoms with van der Waals surface area (Å²) in [5.74, 6) is 0.0285. The minimum Gasteiger partial charge on any atom is -0.352 e. The van der Waals surface area contributed by atoms with Crippen LogP contribution in [0.25, 0.3) is 0 Å². The number of nitro benzene ring substituents is 1. The number of nitrogens with one attached hydrogen (secondary N) is 2. The SMILES string of the molecule is O=C(CCC1CCCCN1)NCc1ccc([N+](=O)[O-])cc1. The number of rotatable bonds is 6. The van der Waals surface area contributed by atoms with Crippen LogP contribution in [-0.4, -0.2) is 23.4 Å². The molecule has 1 aromatic rings. The van der Waals surface area contributed by atoms with E-state index in [-0.39, 0.29) is 11.6 Å². The van der Waals surface area contributed by atoms with Crippen LogP contribution in [0.15, 0.2) is 24.3 Å². The average molecular weight is 291 g/mol. The lowest BCUT2D eigenvalue weighted by Gasteiger charge is -2.23. The number of piperidine rings is 1. The Hall–Kier alpha value is -1.95. The molecule has 0 aromatic heterocycles. The van der Waals surface area contributed by atoms with Gasteiger partial charge in [-0.2, -0.15) is 0 Å². The molecule has 6 heteroatoms. The summed E-state index contributed by atoms with van der Waals surface area (Å²) in [5.41, 5.74) is 0.929. The standard InChI is InChI=1S/C15H21N3O3/c19-15(9-6-13-3-1-2-10-16-13)17-11-12-4-7-14(8-5-12)18(20)21/h4-5,7-8,13,16H,1-3,6,9-11H2,(H,17,19). The third-order valence-corrected chi connectivity index (χ3v) is 3.77. The van der Waals surface area contributed by atoms with Gasteiger partial charge in [-0.15, -0.1) is 0 Å². The number of amides is 1. The zero-order valence-electron chi connectivity index (χ0n) is 12.0. The van der Waals surface area contributed by atoms with Crippen molar-refractivity contribution in [2.45, 2.75) is 44.7 Å². The highest BCUT2D eigenvalue weighted by atomic mass is 16.6. The summed E-state index contributed by atoms with van der Waals surface area (Å²) in [6, 6.07) is 6.70. The molecule has 6 nitrogen and oxygen atoms in total. The molecule has 1 fully saturated rings. The summed E-state index contributed by atoms with van der Waals surface area (Å²) >= 11 is 0. The molecule has 0 saturated carbocycles. The molecule has 1 atom stereocenters. The molecule has 1 aliphatic heterocycles. The molecular formula is C15H21N3O3. The fourth-order valence-electron chi connectivity index (χ4n) is 2.50. The topological polar surface area (TPSA) is 84.3 Å². The van der Waals surface area contributed by atoms with Crippen LogP contribution < -0.4 is 10.6 Å². The highest BCUT2D eigenvalue weighted by Gasteiger charge is 2.13. The molecule has 21 heavy (non-hydrogen) atoms. The first kappa shape index (κ1) is 15.4. The van der Waals surface area contributed by atoms with E-state index in [1.165, 1.54) is 25.0 Å². The van der Waals surface area contributed by atoms with Gasteiger partial charge in [-0.25, -0.2) is 0 Å². The largest absolute Gasteiger partial charge is 0.352 e. The van der Waals surface area contributed by atoms with Gasteiger partial charge in [-0.3, -0.25) is 14.9 Å². The van der Waals surface area contributed by atoms with E-state index in [1.54, 1.807) is 12.1 Å². The molecule has 0 spiro atoms. The van der Waals surface area contributed by atoms with Crippen LogP contribution in [0.1, 0.15) is 37.7 Å². The molecule has 1 unspecified atom stereocenters. The van der Waals surface area contributed by atoms with Gasteiger partial charge >= 0.3 is 0 Å². The first-order chi connectivity index (χ1) is 10.1. The van der Waals surface area contributed by atoms with Crippen molar-refractivity contribution in [3.8, 4) is 0 Å². The van der Waals surface area contributed by atoms with Crippen LogP contribution in [0.2, 0.25) is 0 Å². The normalized spacial score (nSPS) is 18.2. The van der Waals surface area contributed by atoms with Crippen LogP contribution in [0, 0.1) is 10.1 Å². The van der Waals surface area contributed by atoms with E-state index < -0.39 is 4.92 Å². The van der Waals surface area contributed by atoms with Gasteiger partial charge in [0.2, 0.25) is 5.91 Å². The molecule has 1 aromatic carbocycles. The number of non-ortho nitro benzene ring substituents is 1. The predicted octanol–water partition coefficient (Wildman–Crippen LogP) is 2.13. The first-order valence-electron chi connectivity index (χ1n) is 7.38. The Balaban J connectivity index is 1.69. The van der Waals surface area contributed by atoms with Crippen LogP contribution in [0.5, 0.6) is 0 Å². The van der Waals surface area contributed by atoms with Gasteiger partial charge in [0.1, 0.15) is 0 Å². The Morgan fingerprint density at radius 3 is 2.71 bits per heavy atom. The zero-order valence-corrected chi connectivity index (χ0v) is 12.0. The van der Waals surface area contributed by atoms with Gasteiger partial charge in [0, 0.05) is 31.1 Å². The number of nitro groups is 1. The minimum atomic E-state index is -0.431. The summed E-state index contributed by atoms with van der Waals surface area (Å²) in [4.78, 5) is 21.9. The number of hydrogen-bond acceptors (Lipinski definition) is 4. The van der Waals surface area contributed by atoms with Gasteiger partial charge in [0.15, 0.2) is 0 Å². The van der Waals surface area contributed by atoms with E-state index in [0.29, 0.717) is 19.0 Å². The second kappa shape index (κ2) is 7.73. The lowest BCUT2D eigenvalue weighted by molar-refractivity contribution is -0.384. The van der Waals surface area contributed by atoms with Crippen LogP contribution in [0.4, 0.5) is 5.69 Å². The van der Waals surface area contributed by atoms with Crippen molar-refractivity contribution in [3.63, 3.8) is 0 Å². The average Bonchev–Trinajstić information content (AvgIpc) is 2.52. The third kappa shape index (κ3) is 5.15. The van der Waals surface area contributed by atoms with Crippen molar-refractivity contribution in [1.82, 2.24) is 10.6 Å². The number of carbonyl (C=O) groups excluding carboxylic acids is 1. The summed E-state index contributed by atoms with van der Waals surface area (Å²) < 4.78 is 0. The Morgan fingerprint density at radius 2 is 2.10 bits per heavy atom. The first-order valence-corrected chi connectivity index (χ1v) is 7.38. The molecule has 114 valence electrons. The molecular weight excluding hydrogens is 270 g/mol. The van der Waals surface area contributed by atoms with E-state index in [1.807, 2.05) is 0 Å². The van der Waals surface area contributed by atoms with Crippen LogP contribution >= 0.6 is 0 Å². The van der Waals surface area contributed by atoms with E-state index in [4.69, 9.17) is 0 Å². The van der Waals surface area contributed by atoms with Gasteiger partial charge in [0.25, 0.3) is 5.69 Å². The maximum absolute atomic E-state index is 11.8. The summed E-state index contributed by atoms with van der Waals surface area (Å²) in [5, 5.41) is 16.8. The fraction of sp³-hybridized carbons (Fsp3) is 0.533. The van der Waals surface area contributed by atoms with Crippen molar-refractivity contribution in [1.29, 1.82) is 0 Å². The Bertz CT molecular complexity index is 481. The quantitative estimate of drug-likeness (QED) is 0.621. The Kier molecular flexibility index (Phi) is 5.68. The van der Waals surface area contributed by atoms with E-state index in [9.17, 15) is 14.9 Å². The fourth-order valence-corrected chi connectivity index (χ4v) is 2.50. The Morgan fingerprint density at radius 1 is 1.33 bits per heavy atom. The molecule has 1 heterocycles. The lowest BCUT2D eigenvalue weighted by atomic mass is 10.0.